The molecule has 36 heavy (non-hydrogen) atoms. The molecule has 7 nitrogen and oxygen atoms in total. The second-order valence-electron chi connectivity index (χ2n) is 9.55. The first kappa shape index (κ1) is 28.2. The summed E-state index contributed by atoms with van der Waals surface area (Å²) in [6.07, 6.45) is 6.90. The van der Waals surface area contributed by atoms with E-state index in [-0.39, 0.29) is 18.5 Å². The minimum Gasteiger partial charge on any atom is -0.352 e. The Morgan fingerprint density at radius 3 is 2.36 bits per heavy atom. The van der Waals surface area contributed by atoms with Crippen LogP contribution in [0.4, 0.5) is 5.69 Å². The zero-order chi connectivity index (χ0) is 26.3. The van der Waals surface area contributed by atoms with E-state index in [0.29, 0.717) is 18.7 Å². The molecule has 1 atom stereocenters. The predicted octanol–water partition coefficient (Wildman–Crippen LogP) is 4.43. The van der Waals surface area contributed by atoms with Gasteiger partial charge in [-0.15, -0.1) is 0 Å². The minimum atomic E-state index is -3.74. The van der Waals surface area contributed by atoms with Crippen LogP contribution in [0, 0.1) is 6.92 Å². The molecule has 0 bridgehead atoms. The van der Waals surface area contributed by atoms with E-state index in [1.807, 2.05) is 37.3 Å². The van der Waals surface area contributed by atoms with Crippen molar-refractivity contribution in [2.24, 2.45) is 0 Å². The number of sulfonamides is 1. The topological polar surface area (TPSA) is 86.8 Å². The fourth-order valence-electron chi connectivity index (χ4n) is 4.54. The van der Waals surface area contributed by atoms with E-state index >= 15 is 0 Å². The van der Waals surface area contributed by atoms with Crippen molar-refractivity contribution in [3.8, 4) is 0 Å². The summed E-state index contributed by atoms with van der Waals surface area (Å²) in [6, 6.07) is 14.3. The summed E-state index contributed by atoms with van der Waals surface area (Å²) in [5.41, 5.74) is 2.31. The number of benzene rings is 2. The molecule has 2 amide bonds. The lowest BCUT2D eigenvalue weighted by atomic mass is 9.95. The highest BCUT2D eigenvalue weighted by atomic mass is 79.9. The van der Waals surface area contributed by atoms with E-state index in [0.717, 1.165) is 51.8 Å². The molecule has 0 unspecified atom stereocenters. The second kappa shape index (κ2) is 12.7. The SMILES string of the molecule is Cc1cc(N(CC(=O)N(CCc2ccccc2)[C@@H](C)C(=O)NC2CCCCC2)S(C)(=O)=O)ccc1Br. The van der Waals surface area contributed by atoms with Gasteiger partial charge < -0.3 is 10.2 Å². The minimum absolute atomic E-state index is 0.123. The molecule has 0 aliphatic heterocycles. The van der Waals surface area contributed by atoms with Crippen molar-refractivity contribution in [1.82, 2.24) is 10.2 Å². The summed E-state index contributed by atoms with van der Waals surface area (Å²) in [7, 11) is -3.74. The maximum absolute atomic E-state index is 13.6. The van der Waals surface area contributed by atoms with Crippen LogP contribution in [0.1, 0.15) is 50.2 Å². The molecular weight excluding hydrogens is 542 g/mol. The Hall–Kier alpha value is -2.39. The van der Waals surface area contributed by atoms with Gasteiger partial charge in [-0.05, 0) is 62.4 Å². The van der Waals surface area contributed by atoms with E-state index in [2.05, 4.69) is 21.2 Å². The van der Waals surface area contributed by atoms with Crippen molar-refractivity contribution in [2.75, 3.05) is 23.7 Å². The highest BCUT2D eigenvalue weighted by Crippen LogP contribution is 2.25. The average molecular weight is 579 g/mol. The molecule has 0 spiro atoms. The second-order valence-corrected chi connectivity index (χ2v) is 12.3. The molecule has 3 rings (SSSR count). The Labute approximate surface area is 223 Å². The van der Waals surface area contributed by atoms with E-state index in [1.54, 1.807) is 25.1 Å². The molecule has 1 fully saturated rings. The number of halogens is 1. The molecule has 0 saturated heterocycles. The highest BCUT2D eigenvalue weighted by molar-refractivity contribution is 9.10. The molecule has 9 heteroatoms. The average Bonchev–Trinajstić information content (AvgIpc) is 2.85. The number of nitrogens with zero attached hydrogens (tertiary/aromatic N) is 2. The van der Waals surface area contributed by atoms with Crippen molar-refractivity contribution in [3.05, 3.63) is 64.1 Å². The van der Waals surface area contributed by atoms with Gasteiger partial charge in [0.25, 0.3) is 0 Å². The van der Waals surface area contributed by atoms with Crippen LogP contribution >= 0.6 is 15.9 Å². The molecular formula is C27H36BrN3O4S. The molecule has 1 N–H and O–H groups in total. The Bertz CT molecular complexity index is 1150. The lowest BCUT2D eigenvalue weighted by Gasteiger charge is -2.33. The Kier molecular flexibility index (Phi) is 9.96. The third kappa shape index (κ3) is 7.80. The van der Waals surface area contributed by atoms with Gasteiger partial charge in [0.1, 0.15) is 12.6 Å². The quantitative estimate of drug-likeness (QED) is 0.452. The van der Waals surface area contributed by atoms with Crippen LogP contribution in [-0.4, -0.2) is 56.6 Å². The zero-order valence-electron chi connectivity index (χ0n) is 21.2. The molecule has 2 aromatic carbocycles. The van der Waals surface area contributed by atoms with Crippen molar-refractivity contribution in [3.63, 3.8) is 0 Å². The summed E-state index contributed by atoms with van der Waals surface area (Å²) in [6.45, 7) is 3.50. The lowest BCUT2D eigenvalue weighted by Crippen LogP contribution is -2.53. The van der Waals surface area contributed by atoms with Crippen molar-refractivity contribution >= 4 is 43.5 Å². The lowest BCUT2D eigenvalue weighted by molar-refractivity contribution is -0.139. The maximum atomic E-state index is 13.6. The van der Waals surface area contributed by atoms with Gasteiger partial charge in [-0.25, -0.2) is 8.42 Å². The number of amides is 2. The Balaban J connectivity index is 1.82. The summed E-state index contributed by atoms with van der Waals surface area (Å²) < 4.78 is 27.3. The number of rotatable bonds is 10. The van der Waals surface area contributed by atoms with Crippen LogP contribution in [0.25, 0.3) is 0 Å². The van der Waals surface area contributed by atoms with Crippen molar-refractivity contribution in [1.29, 1.82) is 0 Å². The Morgan fingerprint density at radius 1 is 1.08 bits per heavy atom. The van der Waals surface area contributed by atoms with Gasteiger partial charge in [0, 0.05) is 17.1 Å². The van der Waals surface area contributed by atoms with Gasteiger partial charge in [0.2, 0.25) is 21.8 Å². The van der Waals surface area contributed by atoms with Gasteiger partial charge in [-0.3, -0.25) is 13.9 Å². The van der Waals surface area contributed by atoms with Gasteiger partial charge >= 0.3 is 0 Å². The third-order valence-electron chi connectivity index (χ3n) is 6.71. The highest BCUT2D eigenvalue weighted by Gasteiger charge is 2.31. The molecule has 0 radical (unpaired) electrons. The molecule has 0 aromatic heterocycles. The van der Waals surface area contributed by atoms with Crippen LogP contribution in [0.3, 0.4) is 0 Å². The fraction of sp³-hybridized carbons (Fsp3) is 0.481. The standard InChI is InChI=1S/C27H36BrN3O4S/c1-20-18-24(14-15-25(20)28)31(36(3,34)35)19-26(32)30(17-16-22-10-6-4-7-11-22)21(2)27(33)29-23-12-8-5-9-13-23/h4,6-7,10-11,14-15,18,21,23H,5,8-9,12-13,16-17,19H2,1-3H3,(H,29,33)/t21-/m0/s1. The number of anilines is 1. The number of aryl methyl sites for hydroxylation is 1. The van der Waals surface area contributed by atoms with Gasteiger partial charge in [-0.2, -0.15) is 0 Å². The van der Waals surface area contributed by atoms with Crippen molar-refractivity contribution < 1.29 is 18.0 Å². The molecule has 1 aliphatic rings. The van der Waals surface area contributed by atoms with Gasteiger partial charge in [0.05, 0.1) is 11.9 Å². The summed E-state index contributed by atoms with van der Waals surface area (Å²) in [5, 5.41) is 3.11. The smallest absolute Gasteiger partial charge is 0.244 e. The summed E-state index contributed by atoms with van der Waals surface area (Å²) in [5.74, 6) is -0.614. The number of carbonyl (C=O) groups is 2. The summed E-state index contributed by atoms with van der Waals surface area (Å²) in [4.78, 5) is 28.3. The zero-order valence-corrected chi connectivity index (χ0v) is 23.6. The number of carbonyl (C=O) groups excluding carboxylic acids is 2. The molecule has 2 aromatic rings. The molecule has 196 valence electrons. The first-order valence-electron chi connectivity index (χ1n) is 12.4. The Morgan fingerprint density at radius 2 is 1.75 bits per heavy atom. The van der Waals surface area contributed by atoms with E-state index in [1.165, 1.54) is 11.3 Å². The van der Waals surface area contributed by atoms with Crippen LogP contribution in [-0.2, 0) is 26.0 Å². The third-order valence-corrected chi connectivity index (χ3v) is 8.74. The van der Waals surface area contributed by atoms with Crippen LogP contribution in [0.5, 0.6) is 0 Å². The number of hydrogen-bond donors (Lipinski definition) is 1. The van der Waals surface area contributed by atoms with E-state index < -0.39 is 22.0 Å². The van der Waals surface area contributed by atoms with Gasteiger partial charge in [0.15, 0.2) is 0 Å². The maximum Gasteiger partial charge on any atom is 0.244 e. The van der Waals surface area contributed by atoms with Gasteiger partial charge in [-0.1, -0.05) is 65.5 Å². The number of hydrogen-bond acceptors (Lipinski definition) is 4. The van der Waals surface area contributed by atoms with Crippen LogP contribution in [0.2, 0.25) is 0 Å². The summed E-state index contributed by atoms with van der Waals surface area (Å²) >= 11 is 3.43. The largest absolute Gasteiger partial charge is 0.352 e. The number of nitrogens with one attached hydrogen (secondary N) is 1. The fourth-order valence-corrected chi connectivity index (χ4v) is 5.62. The predicted molar refractivity (Wildman–Crippen MR) is 147 cm³/mol. The molecule has 1 saturated carbocycles. The van der Waals surface area contributed by atoms with E-state index in [4.69, 9.17) is 0 Å². The molecule has 1 aliphatic carbocycles. The van der Waals surface area contributed by atoms with Crippen LogP contribution < -0.4 is 9.62 Å². The molecule has 0 heterocycles. The normalized spacial score (nSPS) is 15.2. The first-order chi connectivity index (χ1) is 17.1. The monoisotopic (exact) mass is 577 g/mol. The van der Waals surface area contributed by atoms with Crippen molar-refractivity contribution in [2.45, 2.75) is 64.5 Å². The van der Waals surface area contributed by atoms with Crippen LogP contribution in [0.15, 0.2) is 53.0 Å². The first-order valence-corrected chi connectivity index (χ1v) is 15.1. The van der Waals surface area contributed by atoms with E-state index in [9.17, 15) is 18.0 Å².